The third kappa shape index (κ3) is 3.56. The van der Waals surface area contributed by atoms with Gasteiger partial charge in [0.15, 0.2) is 5.65 Å². The van der Waals surface area contributed by atoms with Gasteiger partial charge < -0.3 is 14.2 Å². The quantitative estimate of drug-likeness (QED) is 0.596. The summed E-state index contributed by atoms with van der Waals surface area (Å²) in [7, 11) is 0. The van der Waals surface area contributed by atoms with Gasteiger partial charge in [0.05, 0.1) is 30.4 Å². The number of anilines is 1. The summed E-state index contributed by atoms with van der Waals surface area (Å²) in [5, 5.41) is 0. The van der Waals surface area contributed by atoms with Crippen molar-refractivity contribution in [1.29, 1.82) is 0 Å². The van der Waals surface area contributed by atoms with E-state index in [2.05, 4.69) is 19.4 Å². The number of imidazole rings is 1. The lowest BCUT2D eigenvalue weighted by Crippen LogP contribution is -2.43. The Morgan fingerprint density at radius 2 is 1.65 bits per heavy atom. The van der Waals surface area contributed by atoms with Crippen molar-refractivity contribution in [2.24, 2.45) is 0 Å². The first-order chi connectivity index (χ1) is 15.2. The molecule has 2 aliphatic heterocycles. The van der Waals surface area contributed by atoms with Gasteiger partial charge in [0, 0.05) is 25.3 Å². The molecule has 162 valence electrons. The zero-order chi connectivity index (χ0) is 20.8. The Labute approximate surface area is 182 Å². The van der Waals surface area contributed by atoms with E-state index >= 15 is 0 Å². The molecule has 5 heterocycles. The number of aromatic nitrogens is 6. The smallest absolute Gasteiger partial charge is 0.228 e. The summed E-state index contributed by atoms with van der Waals surface area (Å²) >= 11 is 0. The van der Waals surface area contributed by atoms with Crippen LogP contribution in [0.15, 0.2) is 18.7 Å². The van der Waals surface area contributed by atoms with E-state index in [0.29, 0.717) is 6.04 Å². The molecule has 3 aromatic heterocycles. The van der Waals surface area contributed by atoms with Crippen molar-refractivity contribution in [3.63, 3.8) is 0 Å². The highest BCUT2D eigenvalue weighted by molar-refractivity contribution is 5.87. The highest BCUT2D eigenvalue weighted by Gasteiger charge is 2.35. The summed E-state index contributed by atoms with van der Waals surface area (Å²) in [6, 6.07) is 0.452. The van der Waals surface area contributed by atoms with Gasteiger partial charge in [-0.2, -0.15) is 4.98 Å². The molecule has 2 atom stereocenters. The molecule has 6 rings (SSSR count). The van der Waals surface area contributed by atoms with Crippen LogP contribution < -0.4 is 4.90 Å². The third-order valence-corrected chi connectivity index (χ3v) is 6.98. The average molecular weight is 420 g/mol. The minimum atomic E-state index is 0.285. The average Bonchev–Trinajstić information content (AvgIpc) is 3.25. The van der Waals surface area contributed by atoms with Gasteiger partial charge in [-0.05, 0) is 32.6 Å². The summed E-state index contributed by atoms with van der Waals surface area (Å²) in [5.41, 5.74) is 4.17. The molecule has 8 heteroatoms. The molecular weight excluding hydrogens is 390 g/mol. The van der Waals surface area contributed by atoms with Gasteiger partial charge in [0.2, 0.25) is 5.95 Å². The SMILES string of the molecule is Cc1cnc(-c2nc(N3CC4CCC(C3)O4)nc3c2ncn3C2CCCCCC2)cn1. The van der Waals surface area contributed by atoms with Crippen molar-refractivity contribution in [2.45, 2.75) is 76.5 Å². The van der Waals surface area contributed by atoms with Gasteiger partial charge in [-0.1, -0.05) is 25.7 Å². The van der Waals surface area contributed by atoms with Crippen molar-refractivity contribution < 1.29 is 4.74 Å². The minimum absolute atomic E-state index is 0.285. The molecule has 3 aromatic rings. The molecule has 2 saturated heterocycles. The zero-order valence-electron chi connectivity index (χ0n) is 18.1. The summed E-state index contributed by atoms with van der Waals surface area (Å²) in [6.45, 7) is 3.64. The number of fused-ring (bicyclic) bond motifs is 3. The molecule has 2 bridgehead atoms. The maximum atomic E-state index is 6.05. The van der Waals surface area contributed by atoms with E-state index in [1.165, 1.54) is 38.5 Å². The van der Waals surface area contributed by atoms with Gasteiger partial charge in [-0.3, -0.25) is 9.97 Å². The largest absolute Gasteiger partial charge is 0.371 e. The minimum Gasteiger partial charge on any atom is -0.371 e. The molecule has 1 saturated carbocycles. The van der Waals surface area contributed by atoms with Gasteiger partial charge in [0.25, 0.3) is 0 Å². The lowest BCUT2D eigenvalue weighted by molar-refractivity contribution is 0.0299. The molecule has 2 unspecified atom stereocenters. The van der Waals surface area contributed by atoms with Crippen molar-refractivity contribution in [2.75, 3.05) is 18.0 Å². The van der Waals surface area contributed by atoms with E-state index in [-0.39, 0.29) is 12.2 Å². The summed E-state index contributed by atoms with van der Waals surface area (Å²) in [6.07, 6.45) is 15.9. The van der Waals surface area contributed by atoms with E-state index in [1.54, 1.807) is 12.4 Å². The monoisotopic (exact) mass is 419 g/mol. The van der Waals surface area contributed by atoms with E-state index in [9.17, 15) is 0 Å². The second-order valence-corrected chi connectivity index (χ2v) is 9.25. The fourth-order valence-electron chi connectivity index (χ4n) is 5.32. The Morgan fingerprint density at radius 3 is 2.35 bits per heavy atom. The van der Waals surface area contributed by atoms with Gasteiger partial charge in [-0.15, -0.1) is 0 Å². The van der Waals surface area contributed by atoms with Crippen LogP contribution in [-0.2, 0) is 4.74 Å². The molecule has 0 spiro atoms. The molecule has 1 aliphatic carbocycles. The number of hydrogen-bond donors (Lipinski definition) is 0. The first kappa shape index (κ1) is 19.1. The van der Waals surface area contributed by atoms with Gasteiger partial charge in [0.1, 0.15) is 16.9 Å². The fourth-order valence-corrected chi connectivity index (χ4v) is 5.32. The van der Waals surface area contributed by atoms with E-state index < -0.39 is 0 Å². The van der Waals surface area contributed by atoms with Crippen LogP contribution in [0.4, 0.5) is 5.95 Å². The highest BCUT2D eigenvalue weighted by Crippen LogP contribution is 2.34. The Kier molecular flexibility index (Phi) is 4.82. The standard InChI is InChI=1S/C23H29N7O/c1-15-10-25-19(11-24-15)20-21-22(30(14-26-21)16-6-4-2-3-5-7-16)28-23(27-20)29-12-17-8-9-18(13-29)31-17/h10-11,14,16-18H,2-9,12-13H2,1H3. The van der Waals surface area contributed by atoms with Crippen molar-refractivity contribution in [3.05, 3.63) is 24.4 Å². The fraction of sp³-hybridized carbons (Fsp3) is 0.609. The first-order valence-electron chi connectivity index (χ1n) is 11.7. The molecule has 0 radical (unpaired) electrons. The predicted molar refractivity (Wildman–Crippen MR) is 118 cm³/mol. The topological polar surface area (TPSA) is 81.9 Å². The van der Waals surface area contributed by atoms with Crippen LogP contribution in [0.2, 0.25) is 0 Å². The van der Waals surface area contributed by atoms with E-state index in [1.807, 2.05) is 13.3 Å². The normalized spacial score (nSPS) is 24.6. The number of hydrogen-bond acceptors (Lipinski definition) is 7. The maximum Gasteiger partial charge on any atom is 0.228 e. The molecular formula is C23H29N7O. The molecule has 0 N–H and O–H groups in total. The summed E-state index contributed by atoms with van der Waals surface area (Å²) in [5.74, 6) is 0.764. The number of ether oxygens (including phenoxy) is 1. The molecule has 3 aliphatic rings. The Bertz CT molecular complexity index is 1060. The lowest BCUT2D eigenvalue weighted by atomic mass is 10.1. The molecule has 0 aromatic carbocycles. The van der Waals surface area contributed by atoms with Crippen LogP contribution in [0.3, 0.4) is 0 Å². The molecule has 8 nitrogen and oxygen atoms in total. The van der Waals surface area contributed by atoms with Crippen LogP contribution in [0.1, 0.15) is 63.1 Å². The second-order valence-electron chi connectivity index (χ2n) is 9.25. The van der Waals surface area contributed by atoms with Crippen molar-refractivity contribution in [1.82, 2.24) is 29.5 Å². The number of morpholine rings is 1. The zero-order valence-corrected chi connectivity index (χ0v) is 18.1. The summed E-state index contributed by atoms with van der Waals surface area (Å²) < 4.78 is 8.34. The number of rotatable bonds is 3. The van der Waals surface area contributed by atoms with Crippen LogP contribution in [0.5, 0.6) is 0 Å². The van der Waals surface area contributed by atoms with Gasteiger partial charge >= 0.3 is 0 Å². The molecule has 0 amide bonds. The van der Waals surface area contributed by atoms with Crippen molar-refractivity contribution in [3.8, 4) is 11.4 Å². The van der Waals surface area contributed by atoms with Crippen LogP contribution in [-0.4, -0.2) is 54.8 Å². The molecule has 31 heavy (non-hydrogen) atoms. The van der Waals surface area contributed by atoms with Crippen LogP contribution in [0, 0.1) is 6.92 Å². The molecule has 3 fully saturated rings. The highest BCUT2D eigenvalue weighted by atomic mass is 16.5. The first-order valence-corrected chi connectivity index (χ1v) is 11.7. The maximum absolute atomic E-state index is 6.05. The number of aryl methyl sites for hydroxylation is 1. The lowest BCUT2D eigenvalue weighted by Gasteiger charge is -2.32. The Balaban J connectivity index is 1.48. The van der Waals surface area contributed by atoms with Crippen LogP contribution in [0.25, 0.3) is 22.6 Å². The second kappa shape index (κ2) is 7.82. The Hall–Kier alpha value is -2.61. The Morgan fingerprint density at radius 1 is 0.871 bits per heavy atom. The third-order valence-electron chi connectivity index (χ3n) is 6.98. The predicted octanol–water partition coefficient (Wildman–Crippen LogP) is 3.85. The van der Waals surface area contributed by atoms with Crippen LogP contribution >= 0.6 is 0 Å². The van der Waals surface area contributed by atoms with E-state index in [0.717, 1.165) is 60.1 Å². The van der Waals surface area contributed by atoms with Crippen molar-refractivity contribution >= 4 is 17.1 Å². The number of nitrogens with zero attached hydrogens (tertiary/aromatic N) is 7. The summed E-state index contributed by atoms with van der Waals surface area (Å²) in [4.78, 5) is 26.2. The van der Waals surface area contributed by atoms with Gasteiger partial charge in [-0.25, -0.2) is 9.97 Å². The van der Waals surface area contributed by atoms with E-state index in [4.69, 9.17) is 19.7 Å².